The van der Waals surface area contributed by atoms with Crippen LogP contribution in [0.3, 0.4) is 0 Å². The molecule has 1 aromatic rings. The van der Waals surface area contributed by atoms with Gasteiger partial charge in [0.2, 0.25) is 0 Å². The van der Waals surface area contributed by atoms with Crippen LogP contribution in [0, 0.1) is 0 Å². The normalized spacial score (nSPS) is 16.1. The van der Waals surface area contributed by atoms with Crippen LogP contribution in [0.4, 0.5) is 5.82 Å². The van der Waals surface area contributed by atoms with E-state index in [1.54, 1.807) is 0 Å². The summed E-state index contributed by atoms with van der Waals surface area (Å²) in [7, 11) is 0. The third kappa shape index (κ3) is 3.93. The summed E-state index contributed by atoms with van der Waals surface area (Å²) in [6, 6.07) is 3.72. The average molecular weight is 343 g/mol. The fraction of sp³-hybridized carbons (Fsp3) is 0.571. The molecule has 1 fully saturated rings. The van der Waals surface area contributed by atoms with Gasteiger partial charge in [-0.05, 0) is 48.8 Å². The van der Waals surface area contributed by atoms with E-state index in [4.69, 9.17) is 9.47 Å². The summed E-state index contributed by atoms with van der Waals surface area (Å²) in [5.41, 5.74) is -0.225. The first-order valence-electron chi connectivity index (χ1n) is 6.59. The Morgan fingerprint density at radius 1 is 1.35 bits per heavy atom. The van der Waals surface area contributed by atoms with Crippen LogP contribution in [-0.4, -0.2) is 42.9 Å². The van der Waals surface area contributed by atoms with Crippen molar-refractivity contribution in [3.63, 3.8) is 0 Å². The van der Waals surface area contributed by atoms with Crippen molar-refractivity contribution in [3.8, 4) is 0 Å². The Labute approximate surface area is 127 Å². The molecule has 0 saturated carbocycles. The highest BCUT2D eigenvalue weighted by Gasteiger charge is 2.22. The van der Waals surface area contributed by atoms with Crippen molar-refractivity contribution in [2.24, 2.45) is 0 Å². The molecule has 0 radical (unpaired) electrons. The van der Waals surface area contributed by atoms with Gasteiger partial charge in [-0.3, -0.25) is 0 Å². The molecule has 1 aromatic heterocycles. The van der Waals surface area contributed by atoms with E-state index in [-0.39, 0.29) is 0 Å². The molecule has 0 aromatic carbocycles. The lowest BCUT2D eigenvalue weighted by Gasteiger charge is -2.28. The number of hydrogen-bond acceptors (Lipinski definition) is 5. The van der Waals surface area contributed by atoms with Crippen LogP contribution in [0.5, 0.6) is 0 Å². The number of aromatic nitrogens is 1. The molecule has 0 N–H and O–H groups in total. The number of carbonyl (C=O) groups excluding carboxylic acids is 1. The van der Waals surface area contributed by atoms with E-state index >= 15 is 0 Å². The van der Waals surface area contributed by atoms with E-state index in [1.807, 2.05) is 32.9 Å². The topological polar surface area (TPSA) is 51.7 Å². The van der Waals surface area contributed by atoms with Gasteiger partial charge in [0.25, 0.3) is 0 Å². The molecule has 1 aliphatic rings. The third-order valence-electron chi connectivity index (χ3n) is 2.76. The number of esters is 1. The molecule has 0 unspecified atom stereocenters. The smallest absolute Gasteiger partial charge is 0.358 e. The largest absolute Gasteiger partial charge is 0.455 e. The Morgan fingerprint density at radius 3 is 2.60 bits per heavy atom. The van der Waals surface area contributed by atoms with Gasteiger partial charge in [-0.1, -0.05) is 0 Å². The van der Waals surface area contributed by atoms with Crippen molar-refractivity contribution >= 4 is 27.7 Å². The van der Waals surface area contributed by atoms with Gasteiger partial charge >= 0.3 is 5.97 Å². The van der Waals surface area contributed by atoms with Crippen LogP contribution in [0.2, 0.25) is 0 Å². The van der Waals surface area contributed by atoms with Gasteiger partial charge in [0.15, 0.2) is 5.69 Å². The van der Waals surface area contributed by atoms with Crippen LogP contribution >= 0.6 is 15.9 Å². The number of anilines is 1. The van der Waals surface area contributed by atoms with E-state index in [1.165, 1.54) is 0 Å². The number of rotatable bonds is 2. The van der Waals surface area contributed by atoms with Crippen LogP contribution in [0.1, 0.15) is 31.3 Å². The van der Waals surface area contributed by atoms with Crippen molar-refractivity contribution in [1.29, 1.82) is 0 Å². The van der Waals surface area contributed by atoms with Crippen LogP contribution in [-0.2, 0) is 9.47 Å². The summed E-state index contributed by atoms with van der Waals surface area (Å²) >= 11 is 3.36. The van der Waals surface area contributed by atoms with Crippen molar-refractivity contribution in [1.82, 2.24) is 4.98 Å². The van der Waals surface area contributed by atoms with Crippen LogP contribution < -0.4 is 4.90 Å². The molecular weight excluding hydrogens is 324 g/mol. The Balaban J connectivity index is 2.22. The maximum Gasteiger partial charge on any atom is 0.358 e. The summed E-state index contributed by atoms with van der Waals surface area (Å²) < 4.78 is 11.3. The Kier molecular flexibility index (Phi) is 4.65. The minimum atomic E-state index is -0.535. The fourth-order valence-electron chi connectivity index (χ4n) is 1.87. The van der Waals surface area contributed by atoms with E-state index in [0.29, 0.717) is 23.4 Å². The second kappa shape index (κ2) is 6.10. The molecule has 20 heavy (non-hydrogen) atoms. The molecule has 5 nitrogen and oxygen atoms in total. The number of carbonyl (C=O) groups is 1. The molecule has 110 valence electrons. The molecule has 1 saturated heterocycles. The predicted octanol–water partition coefficient (Wildman–Crippen LogP) is 2.64. The highest BCUT2D eigenvalue weighted by Crippen LogP contribution is 2.23. The number of hydrogen-bond donors (Lipinski definition) is 0. The number of halogens is 1. The second-order valence-corrected chi connectivity index (χ2v) is 6.46. The van der Waals surface area contributed by atoms with E-state index < -0.39 is 11.6 Å². The summed E-state index contributed by atoms with van der Waals surface area (Å²) in [5, 5.41) is 0. The van der Waals surface area contributed by atoms with Crippen molar-refractivity contribution in [3.05, 3.63) is 22.3 Å². The predicted molar refractivity (Wildman–Crippen MR) is 80.1 cm³/mol. The zero-order valence-electron chi connectivity index (χ0n) is 12.0. The molecular formula is C14H19BrN2O3. The van der Waals surface area contributed by atoms with Crippen molar-refractivity contribution in [2.75, 3.05) is 31.2 Å². The highest BCUT2D eigenvalue weighted by atomic mass is 79.9. The highest BCUT2D eigenvalue weighted by molar-refractivity contribution is 9.10. The molecule has 0 bridgehead atoms. The SMILES string of the molecule is CC(C)(C)OC(=O)c1nc(N2CCOCC2)ccc1Br. The summed E-state index contributed by atoms with van der Waals surface area (Å²) in [6.45, 7) is 8.43. The quantitative estimate of drug-likeness (QED) is 0.773. The van der Waals surface area contributed by atoms with Crippen molar-refractivity contribution < 1.29 is 14.3 Å². The first-order valence-corrected chi connectivity index (χ1v) is 7.39. The Bertz CT molecular complexity index is 494. The van der Waals surface area contributed by atoms with Gasteiger partial charge in [0, 0.05) is 13.1 Å². The molecule has 0 amide bonds. The number of ether oxygens (including phenoxy) is 2. The Hall–Kier alpha value is -1.14. The third-order valence-corrected chi connectivity index (χ3v) is 3.40. The van der Waals surface area contributed by atoms with Crippen LogP contribution in [0.15, 0.2) is 16.6 Å². The zero-order chi connectivity index (χ0) is 14.8. The summed E-state index contributed by atoms with van der Waals surface area (Å²) in [5.74, 6) is 0.358. The number of nitrogens with zero attached hydrogens (tertiary/aromatic N) is 2. The van der Waals surface area contributed by atoms with Gasteiger partial charge in [0.05, 0.1) is 17.7 Å². The first-order chi connectivity index (χ1) is 9.37. The lowest BCUT2D eigenvalue weighted by Crippen LogP contribution is -2.37. The molecule has 2 heterocycles. The van der Waals surface area contributed by atoms with Crippen LogP contribution in [0.25, 0.3) is 0 Å². The maximum atomic E-state index is 12.2. The Morgan fingerprint density at radius 2 is 2.00 bits per heavy atom. The van der Waals surface area contributed by atoms with E-state index in [9.17, 15) is 4.79 Å². The van der Waals surface area contributed by atoms with Gasteiger partial charge < -0.3 is 14.4 Å². The second-order valence-electron chi connectivity index (χ2n) is 5.60. The molecule has 2 rings (SSSR count). The zero-order valence-corrected chi connectivity index (χ0v) is 13.6. The number of pyridine rings is 1. The van der Waals surface area contributed by atoms with E-state index in [0.717, 1.165) is 18.9 Å². The molecule has 0 atom stereocenters. The minimum Gasteiger partial charge on any atom is -0.455 e. The lowest BCUT2D eigenvalue weighted by atomic mass is 10.2. The van der Waals surface area contributed by atoms with Gasteiger partial charge in [-0.2, -0.15) is 0 Å². The summed E-state index contributed by atoms with van der Waals surface area (Å²) in [4.78, 5) is 18.7. The maximum absolute atomic E-state index is 12.2. The lowest BCUT2D eigenvalue weighted by molar-refractivity contribution is 0.00618. The molecule has 1 aliphatic heterocycles. The molecule has 0 spiro atoms. The molecule has 6 heteroatoms. The summed E-state index contributed by atoms with van der Waals surface area (Å²) in [6.07, 6.45) is 0. The van der Waals surface area contributed by atoms with Gasteiger partial charge in [0.1, 0.15) is 11.4 Å². The average Bonchev–Trinajstić information content (AvgIpc) is 2.38. The van der Waals surface area contributed by atoms with Gasteiger partial charge in [-0.15, -0.1) is 0 Å². The number of morpholine rings is 1. The van der Waals surface area contributed by atoms with E-state index in [2.05, 4.69) is 25.8 Å². The van der Waals surface area contributed by atoms with Crippen molar-refractivity contribution in [2.45, 2.75) is 26.4 Å². The fourth-order valence-corrected chi connectivity index (χ4v) is 2.25. The first kappa shape index (κ1) is 15.3. The van der Waals surface area contributed by atoms with Gasteiger partial charge in [-0.25, -0.2) is 9.78 Å². The minimum absolute atomic E-state index is 0.309. The standard InChI is InChI=1S/C14H19BrN2O3/c1-14(2,3)20-13(18)12-10(15)4-5-11(16-12)17-6-8-19-9-7-17/h4-5H,6-9H2,1-3H3. The molecule has 0 aliphatic carbocycles. The monoisotopic (exact) mass is 342 g/mol.